The monoisotopic (exact) mass is 520 g/mol. The summed E-state index contributed by atoms with van der Waals surface area (Å²) in [6, 6.07) is -2.70. The van der Waals surface area contributed by atoms with Gasteiger partial charge in [0.05, 0.1) is 6.04 Å². The average molecular weight is 520 g/mol. The van der Waals surface area contributed by atoms with Crippen molar-refractivity contribution in [1.82, 2.24) is 21.3 Å². The fraction of sp³-hybridized carbons (Fsp3) is 0.773. The minimum absolute atomic E-state index is 0.0939. The van der Waals surface area contributed by atoms with E-state index in [1.807, 2.05) is 0 Å². The van der Waals surface area contributed by atoms with Gasteiger partial charge in [0.15, 0.2) is 5.78 Å². The van der Waals surface area contributed by atoms with Crippen LogP contribution in [0.2, 0.25) is 0 Å². The number of alkyl halides is 4. The number of hydrogen-bond acceptors (Lipinski definition) is 6. The molecule has 10 nitrogen and oxygen atoms in total. The van der Waals surface area contributed by atoms with Crippen LogP contribution in [0.1, 0.15) is 51.4 Å². The van der Waals surface area contributed by atoms with Crippen LogP contribution >= 0.6 is 0 Å². The van der Waals surface area contributed by atoms with Gasteiger partial charge < -0.3 is 21.3 Å². The second-order valence-electron chi connectivity index (χ2n) is 10.4. The third kappa shape index (κ3) is 6.31. The highest BCUT2D eigenvalue weighted by Gasteiger charge is 2.70. The molecule has 4 amide bonds. The van der Waals surface area contributed by atoms with Crippen LogP contribution in [0.3, 0.4) is 0 Å². The van der Waals surface area contributed by atoms with E-state index in [0.29, 0.717) is 13.0 Å². The van der Waals surface area contributed by atoms with E-state index in [1.54, 1.807) is 0 Å². The molecule has 4 saturated carbocycles. The van der Waals surface area contributed by atoms with Gasteiger partial charge in [0, 0.05) is 37.3 Å². The molecule has 0 spiro atoms. The fourth-order valence-corrected chi connectivity index (χ4v) is 5.19. The van der Waals surface area contributed by atoms with Gasteiger partial charge in [-0.1, -0.05) is 12.8 Å². The van der Waals surface area contributed by atoms with Crippen molar-refractivity contribution in [3.05, 3.63) is 0 Å². The lowest BCUT2D eigenvalue weighted by Gasteiger charge is -2.65. The number of rotatable bonds is 11. The Bertz CT molecular complexity index is 934. The predicted octanol–water partition coefficient (Wildman–Crippen LogP) is 0.149. The summed E-state index contributed by atoms with van der Waals surface area (Å²) in [6.45, 7) is -1.03. The molecule has 4 N–H and O–H groups in total. The first kappa shape index (κ1) is 26.3. The van der Waals surface area contributed by atoms with E-state index in [1.165, 1.54) is 0 Å². The summed E-state index contributed by atoms with van der Waals surface area (Å²) in [5.41, 5.74) is -2.03. The fourth-order valence-electron chi connectivity index (χ4n) is 5.19. The molecular formula is C22H28F4N4O6. The summed E-state index contributed by atoms with van der Waals surface area (Å²) in [5, 5.41) is 9.73. The second kappa shape index (κ2) is 9.60. The van der Waals surface area contributed by atoms with Gasteiger partial charge in [-0.15, -0.1) is 13.2 Å². The van der Waals surface area contributed by atoms with Crippen molar-refractivity contribution < 1.29 is 46.3 Å². The van der Waals surface area contributed by atoms with E-state index in [-0.39, 0.29) is 43.9 Å². The first-order valence-electron chi connectivity index (χ1n) is 11.9. The largest absolute Gasteiger partial charge is 0.522 e. The summed E-state index contributed by atoms with van der Waals surface area (Å²) in [7, 11) is 0. The van der Waals surface area contributed by atoms with Crippen molar-refractivity contribution in [1.29, 1.82) is 0 Å². The van der Waals surface area contributed by atoms with Crippen LogP contribution in [0, 0.1) is 11.8 Å². The number of halogens is 4. The Labute approximate surface area is 203 Å². The second-order valence-corrected chi connectivity index (χ2v) is 10.4. The minimum atomic E-state index is -5.06. The lowest BCUT2D eigenvalue weighted by molar-refractivity contribution is -0.321. The van der Waals surface area contributed by atoms with Gasteiger partial charge in [0.2, 0.25) is 11.8 Å². The number of amides is 4. The van der Waals surface area contributed by atoms with E-state index >= 15 is 0 Å². The Morgan fingerprint density at radius 2 is 1.67 bits per heavy atom. The zero-order valence-corrected chi connectivity index (χ0v) is 19.3. The number of Topliss-reactive ketones (excluding diaryl/α,β-unsaturated/α-hetero) is 1. The van der Waals surface area contributed by atoms with Gasteiger partial charge in [0.1, 0.15) is 18.3 Å². The smallest absolute Gasteiger partial charge is 0.356 e. The zero-order chi connectivity index (χ0) is 26.3. The average Bonchev–Trinajstić information content (AvgIpc) is 3.48. The van der Waals surface area contributed by atoms with Crippen LogP contribution in [0.25, 0.3) is 0 Å². The molecule has 0 unspecified atom stereocenters. The summed E-state index contributed by atoms with van der Waals surface area (Å²) < 4.78 is 54.6. The highest BCUT2D eigenvalue weighted by molar-refractivity contribution is 6.35. The first-order chi connectivity index (χ1) is 16.8. The molecule has 2 bridgehead atoms. The van der Waals surface area contributed by atoms with Crippen molar-refractivity contribution >= 4 is 29.4 Å². The van der Waals surface area contributed by atoms with Crippen LogP contribution in [0.15, 0.2) is 0 Å². The van der Waals surface area contributed by atoms with Gasteiger partial charge in [-0.3, -0.25) is 28.7 Å². The number of nitrogens with one attached hydrogen (secondary N) is 4. The number of ketones is 1. The molecule has 3 atom stereocenters. The Morgan fingerprint density at radius 1 is 1.00 bits per heavy atom. The maximum atomic E-state index is 13.7. The molecule has 1 heterocycles. The van der Waals surface area contributed by atoms with Gasteiger partial charge in [-0.05, 0) is 25.2 Å². The third-order valence-corrected chi connectivity index (χ3v) is 7.20. The molecule has 4 aliphatic carbocycles. The molecule has 0 aromatic rings. The lowest BCUT2D eigenvalue weighted by atomic mass is 9.47. The predicted molar refractivity (Wildman–Crippen MR) is 113 cm³/mol. The highest BCUT2D eigenvalue weighted by Crippen LogP contribution is 2.62. The number of carbonyl (C=O) groups is 5. The van der Waals surface area contributed by atoms with Gasteiger partial charge in [-0.25, -0.2) is 4.39 Å². The number of carbonyl (C=O) groups excluding carboxylic acids is 5. The molecule has 0 aromatic heterocycles. The molecule has 5 fully saturated rings. The first-order valence-corrected chi connectivity index (χ1v) is 11.9. The third-order valence-electron chi connectivity index (χ3n) is 7.20. The normalized spacial score (nSPS) is 30.2. The van der Waals surface area contributed by atoms with Crippen molar-refractivity contribution in [2.24, 2.45) is 11.8 Å². The topological polar surface area (TPSA) is 143 Å². The quantitative estimate of drug-likeness (QED) is 0.226. The minimum Gasteiger partial charge on any atom is -0.356 e. The maximum Gasteiger partial charge on any atom is 0.522 e. The molecule has 200 valence electrons. The van der Waals surface area contributed by atoms with Crippen LogP contribution in [0.4, 0.5) is 17.6 Å². The van der Waals surface area contributed by atoms with Crippen molar-refractivity contribution in [3.63, 3.8) is 0 Å². The van der Waals surface area contributed by atoms with Gasteiger partial charge in [-0.2, -0.15) is 0 Å². The van der Waals surface area contributed by atoms with Crippen LogP contribution in [-0.2, 0) is 28.7 Å². The molecule has 14 heteroatoms. The van der Waals surface area contributed by atoms with Gasteiger partial charge >= 0.3 is 18.2 Å². The van der Waals surface area contributed by atoms with Crippen molar-refractivity contribution in [3.8, 4) is 0 Å². The SMILES string of the molecule is O=C(N[C@@H](CC1CC1)C(=O)N[C@@H](C[C@@H]1CCNC1=O)C(=O)COC(F)(F)F)C(=O)NC12CC(F)(C1)C2. The van der Waals surface area contributed by atoms with E-state index in [0.717, 1.165) is 12.8 Å². The van der Waals surface area contributed by atoms with Crippen LogP contribution in [0.5, 0.6) is 0 Å². The summed E-state index contributed by atoms with van der Waals surface area (Å²) in [4.78, 5) is 62.2. The van der Waals surface area contributed by atoms with Crippen molar-refractivity contribution in [2.75, 3.05) is 13.2 Å². The Kier molecular flexibility index (Phi) is 7.01. The van der Waals surface area contributed by atoms with E-state index in [2.05, 4.69) is 26.0 Å². The Balaban J connectivity index is 1.38. The van der Waals surface area contributed by atoms with Gasteiger partial charge in [0.25, 0.3) is 0 Å². The molecule has 5 aliphatic rings. The molecule has 5 rings (SSSR count). The van der Waals surface area contributed by atoms with Crippen molar-refractivity contribution in [2.45, 2.75) is 81.0 Å². The molecule has 1 saturated heterocycles. The van der Waals surface area contributed by atoms with E-state index in [4.69, 9.17) is 0 Å². The zero-order valence-electron chi connectivity index (χ0n) is 19.3. The molecule has 1 aliphatic heterocycles. The molecule has 0 radical (unpaired) electrons. The summed E-state index contributed by atoms with van der Waals surface area (Å²) in [5.74, 6) is -5.05. The molecule has 0 aromatic carbocycles. The van der Waals surface area contributed by atoms with E-state index in [9.17, 15) is 41.5 Å². The van der Waals surface area contributed by atoms with Crippen LogP contribution in [-0.4, -0.2) is 72.2 Å². The Hall–Kier alpha value is -2.77. The maximum absolute atomic E-state index is 13.7. The number of hydrogen-bond donors (Lipinski definition) is 4. The Morgan fingerprint density at radius 3 is 2.19 bits per heavy atom. The number of ether oxygens (including phenoxy) is 1. The van der Waals surface area contributed by atoms with Crippen LogP contribution < -0.4 is 21.3 Å². The standard InChI is InChI=1S/C22H28F4N4O6/c23-20-8-21(9-20,10-20)30-19(35)18(34)29-14(5-11-1-2-11)17(33)28-13(6-12-3-4-27-16(12)32)15(31)7-36-22(24,25)26/h11-14H,1-10H2,(H,27,32)(H,28,33)(H,29,34)(H,30,35)/t12-,13-,14-,20?,21?/m0/s1. The lowest BCUT2D eigenvalue weighted by Crippen LogP contribution is -2.77. The highest BCUT2D eigenvalue weighted by atomic mass is 19.4. The molecule has 36 heavy (non-hydrogen) atoms. The summed E-state index contributed by atoms with van der Waals surface area (Å²) >= 11 is 0. The summed E-state index contributed by atoms with van der Waals surface area (Å²) in [6.07, 6.45) is -2.84. The molecular weight excluding hydrogens is 492 g/mol. The van der Waals surface area contributed by atoms with E-state index < -0.39 is 65.7 Å².